The van der Waals surface area contributed by atoms with Gasteiger partial charge in [-0.15, -0.1) is 0 Å². The molecule has 0 aliphatic carbocycles. The number of methoxy groups -OCH3 is 1. The Labute approximate surface area is 172 Å². The number of ketones is 1. The maximum Gasteiger partial charge on any atom is 0.207 e. The summed E-state index contributed by atoms with van der Waals surface area (Å²) in [6, 6.07) is 8.26. The van der Waals surface area contributed by atoms with Crippen molar-refractivity contribution in [3.63, 3.8) is 0 Å². The number of nitrogens with one attached hydrogen (secondary N) is 1. The summed E-state index contributed by atoms with van der Waals surface area (Å²) in [4.78, 5) is 23.3. The molecule has 0 heterocycles. The van der Waals surface area contributed by atoms with E-state index in [0.717, 1.165) is 31.2 Å². The van der Waals surface area contributed by atoms with Gasteiger partial charge in [0.25, 0.3) is 0 Å². The van der Waals surface area contributed by atoms with E-state index in [1.807, 2.05) is 6.07 Å². The molecule has 2 atom stereocenters. The van der Waals surface area contributed by atoms with Crippen molar-refractivity contribution >= 4 is 28.1 Å². The first kappa shape index (κ1) is 23.8. The molecule has 0 saturated carbocycles. The number of carbonyl (C=O) groups excluding carboxylic acids is 2. The van der Waals surface area contributed by atoms with Crippen LogP contribution in [0.4, 0.5) is 0 Å². The fourth-order valence-electron chi connectivity index (χ4n) is 3.63. The molecule has 1 rings (SSSR count). The molecule has 1 amide bonds. The number of halogens is 1. The van der Waals surface area contributed by atoms with Crippen LogP contribution in [0.3, 0.4) is 0 Å². The normalized spacial score (nSPS) is 15.0. The van der Waals surface area contributed by atoms with Crippen molar-refractivity contribution in [2.75, 3.05) is 19.0 Å². The standard InChI is InChI=1S/C22H34BrNO3/c1-17-9-8-10-18(13-17)22(4,19(26)14-23)12-7-6-11-21(2,3)20(27-5)15-24-16-25/h8-10,13,16,20H,6-7,11-12,14-15H2,1-5H3,(H,24,25). The van der Waals surface area contributed by atoms with Crippen molar-refractivity contribution in [1.29, 1.82) is 0 Å². The molecule has 0 aliphatic rings. The van der Waals surface area contributed by atoms with E-state index in [1.54, 1.807) is 7.11 Å². The highest BCUT2D eigenvalue weighted by atomic mass is 79.9. The number of alkyl halides is 1. The molecule has 0 bridgehead atoms. The molecule has 0 aliphatic heterocycles. The molecule has 0 aromatic heterocycles. The van der Waals surface area contributed by atoms with E-state index < -0.39 is 5.41 Å². The minimum atomic E-state index is -0.473. The SMILES string of the molecule is COC(CNC=O)C(C)(C)CCCCC(C)(C(=O)CBr)c1cccc(C)c1. The third kappa shape index (κ3) is 6.72. The van der Waals surface area contributed by atoms with Gasteiger partial charge in [0, 0.05) is 13.7 Å². The quantitative estimate of drug-likeness (QED) is 0.278. The minimum absolute atomic E-state index is 0.0324. The molecule has 1 N–H and O–H groups in total. The Morgan fingerprint density at radius 1 is 1.26 bits per heavy atom. The van der Waals surface area contributed by atoms with E-state index in [1.165, 1.54) is 5.56 Å². The highest BCUT2D eigenvalue weighted by Gasteiger charge is 2.34. The highest BCUT2D eigenvalue weighted by molar-refractivity contribution is 9.09. The Morgan fingerprint density at radius 2 is 1.93 bits per heavy atom. The Kier molecular flexibility index (Phi) is 9.68. The number of amides is 1. The first-order valence-corrected chi connectivity index (χ1v) is 10.7. The lowest BCUT2D eigenvalue weighted by Crippen LogP contribution is -2.39. The predicted octanol–water partition coefficient (Wildman–Crippen LogP) is 4.56. The zero-order chi connectivity index (χ0) is 20.5. The van der Waals surface area contributed by atoms with Crippen LogP contribution in [0.25, 0.3) is 0 Å². The van der Waals surface area contributed by atoms with Crippen LogP contribution in [-0.4, -0.2) is 37.3 Å². The van der Waals surface area contributed by atoms with Crippen LogP contribution in [0.1, 0.15) is 57.6 Å². The van der Waals surface area contributed by atoms with E-state index in [4.69, 9.17) is 4.74 Å². The van der Waals surface area contributed by atoms with Crippen molar-refractivity contribution in [3.8, 4) is 0 Å². The van der Waals surface area contributed by atoms with E-state index in [-0.39, 0.29) is 17.3 Å². The topological polar surface area (TPSA) is 55.4 Å². The molecule has 2 unspecified atom stereocenters. The molecule has 152 valence electrons. The summed E-state index contributed by atoms with van der Waals surface area (Å²) in [5, 5.41) is 3.08. The van der Waals surface area contributed by atoms with Gasteiger partial charge >= 0.3 is 0 Å². The second kappa shape index (κ2) is 11.0. The summed E-state index contributed by atoms with van der Waals surface area (Å²) in [6.45, 7) is 8.95. The Morgan fingerprint density at radius 3 is 2.48 bits per heavy atom. The summed E-state index contributed by atoms with van der Waals surface area (Å²) >= 11 is 3.36. The van der Waals surface area contributed by atoms with Gasteiger partial charge in [-0.1, -0.05) is 72.4 Å². The third-order valence-electron chi connectivity index (χ3n) is 5.68. The molecule has 1 aromatic rings. The average Bonchev–Trinajstić information content (AvgIpc) is 2.64. The lowest BCUT2D eigenvalue weighted by molar-refractivity contribution is -0.121. The van der Waals surface area contributed by atoms with Gasteiger partial charge in [-0.3, -0.25) is 9.59 Å². The molecular formula is C22H34BrNO3. The molecule has 5 heteroatoms. The number of Topliss-reactive ketones (excluding diaryl/α,β-unsaturated/α-hetero) is 1. The Bertz CT molecular complexity index is 617. The van der Waals surface area contributed by atoms with Crippen LogP contribution in [0.5, 0.6) is 0 Å². The van der Waals surface area contributed by atoms with Gasteiger partial charge < -0.3 is 10.1 Å². The van der Waals surface area contributed by atoms with E-state index in [2.05, 4.69) is 67.1 Å². The monoisotopic (exact) mass is 439 g/mol. The Hall–Kier alpha value is -1.20. The Balaban J connectivity index is 2.74. The van der Waals surface area contributed by atoms with Gasteiger partial charge in [0.1, 0.15) is 0 Å². The van der Waals surface area contributed by atoms with E-state index in [9.17, 15) is 9.59 Å². The van der Waals surface area contributed by atoms with Gasteiger partial charge in [0.15, 0.2) is 5.78 Å². The number of hydrogen-bond donors (Lipinski definition) is 1. The highest BCUT2D eigenvalue weighted by Crippen LogP contribution is 2.35. The fraction of sp³-hybridized carbons (Fsp3) is 0.636. The first-order chi connectivity index (χ1) is 12.7. The first-order valence-electron chi connectivity index (χ1n) is 9.57. The maximum absolute atomic E-state index is 12.7. The minimum Gasteiger partial charge on any atom is -0.379 e. The molecule has 4 nitrogen and oxygen atoms in total. The van der Waals surface area contributed by atoms with Crippen LogP contribution in [0.2, 0.25) is 0 Å². The number of carbonyl (C=O) groups is 2. The molecule has 0 saturated heterocycles. The lowest BCUT2D eigenvalue weighted by Gasteiger charge is -2.34. The van der Waals surface area contributed by atoms with Gasteiger partial charge in [-0.05, 0) is 37.7 Å². The summed E-state index contributed by atoms with van der Waals surface area (Å²) in [7, 11) is 1.68. The summed E-state index contributed by atoms with van der Waals surface area (Å²) in [5.41, 5.74) is 1.74. The third-order valence-corrected chi connectivity index (χ3v) is 6.19. The van der Waals surface area contributed by atoms with Gasteiger partial charge in [-0.25, -0.2) is 0 Å². The predicted molar refractivity (Wildman–Crippen MR) is 114 cm³/mol. The fourth-order valence-corrected chi connectivity index (χ4v) is 4.25. The molecule has 0 fully saturated rings. The second-order valence-electron chi connectivity index (χ2n) is 8.20. The molecule has 27 heavy (non-hydrogen) atoms. The van der Waals surface area contributed by atoms with Gasteiger partial charge in [0.05, 0.1) is 16.8 Å². The lowest BCUT2D eigenvalue weighted by atomic mass is 9.73. The van der Waals surface area contributed by atoms with Crippen molar-refractivity contribution < 1.29 is 14.3 Å². The van der Waals surface area contributed by atoms with Crippen molar-refractivity contribution in [2.45, 2.75) is 64.9 Å². The molecule has 1 aromatic carbocycles. The zero-order valence-electron chi connectivity index (χ0n) is 17.3. The zero-order valence-corrected chi connectivity index (χ0v) is 18.9. The van der Waals surface area contributed by atoms with Crippen LogP contribution in [0.15, 0.2) is 24.3 Å². The number of ether oxygens (including phenoxy) is 1. The number of benzene rings is 1. The van der Waals surface area contributed by atoms with Crippen LogP contribution < -0.4 is 5.32 Å². The summed E-state index contributed by atoms with van der Waals surface area (Å²) < 4.78 is 5.57. The summed E-state index contributed by atoms with van der Waals surface area (Å²) in [6.07, 6.45) is 4.44. The van der Waals surface area contributed by atoms with Crippen LogP contribution >= 0.6 is 15.9 Å². The smallest absolute Gasteiger partial charge is 0.207 e. The molecule has 0 radical (unpaired) electrons. The average molecular weight is 440 g/mol. The molecule has 0 spiro atoms. The largest absolute Gasteiger partial charge is 0.379 e. The maximum atomic E-state index is 12.7. The van der Waals surface area contributed by atoms with Crippen LogP contribution in [0, 0.1) is 12.3 Å². The number of aryl methyl sites for hydroxylation is 1. The van der Waals surface area contributed by atoms with Crippen molar-refractivity contribution in [2.24, 2.45) is 5.41 Å². The van der Waals surface area contributed by atoms with Crippen LogP contribution in [-0.2, 0) is 19.7 Å². The van der Waals surface area contributed by atoms with E-state index >= 15 is 0 Å². The van der Waals surface area contributed by atoms with Gasteiger partial charge in [-0.2, -0.15) is 0 Å². The molecular weight excluding hydrogens is 406 g/mol. The number of unbranched alkanes of at least 4 members (excludes halogenated alkanes) is 1. The van der Waals surface area contributed by atoms with E-state index in [0.29, 0.717) is 18.3 Å². The second-order valence-corrected chi connectivity index (χ2v) is 8.77. The number of hydrogen-bond acceptors (Lipinski definition) is 3. The number of rotatable bonds is 13. The van der Waals surface area contributed by atoms with Gasteiger partial charge in [0.2, 0.25) is 6.41 Å². The van der Waals surface area contributed by atoms with Crippen molar-refractivity contribution in [1.82, 2.24) is 5.32 Å². The summed E-state index contributed by atoms with van der Waals surface area (Å²) in [5.74, 6) is 0.220. The van der Waals surface area contributed by atoms with Crippen molar-refractivity contribution in [3.05, 3.63) is 35.4 Å².